The first kappa shape index (κ1) is 13.4. The normalized spacial score (nSPS) is 26.1. The van der Waals surface area contributed by atoms with E-state index >= 15 is 0 Å². The molecular weight excluding hydrogens is 254 g/mol. The molecule has 2 heterocycles. The van der Waals surface area contributed by atoms with Gasteiger partial charge in [-0.2, -0.15) is 0 Å². The standard InChI is InChI=1S/C15H21N3O2/c1-11-10-12(18(19)20)6-7-14(11)17-9-3-5-15(17)13-4-2-8-16-13/h6-7,10,13,15-16H,2-5,8-9H2,1H3. The molecule has 0 radical (unpaired) electrons. The Kier molecular flexibility index (Phi) is 3.61. The van der Waals surface area contributed by atoms with Gasteiger partial charge < -0.3 is 10.2 Å². The smallest absolute Gasteiger partial charge is 0.269 e. The molecule has 3 rings (SSSR count). The van der Waals surface area contributed by atoms with Crippen molar-refractivity contribution < 1.29 is 4.92 Å². The molecule has 0 bridgehead atoms. The summed E-state index contributed by atoms with van der Waals surface area (Å²) in [6.07, 6.45) is 4.93. The lowest BCUT2D eigenvalue weighted by atomic mass is 10.0. The molecule has 5 nitrogen and oxygen atoms in total. The number of benzene rings is 1. The zero-order chi connectivity index (χ0) is 14.1. The van der Waals surface area contributed by atoms with Gasteiger partial charge in [-0.05, 0) is 50.8 Å². The van der Waals surface area contributed by atoms with Crippen LogP contribution in [0.4, 0.5) is 11.4 Å². The molecule has 2 aliphatic heterocycles. The van der Waals surface area contributed by atoms with E-state index in [1.165, 1.54) is 25.7 Å². The van der Waals surface area contributed by atoms with Crippen LogP contribution in [-0.4, -0.2) is 30.1 Å². The van der Waals surface area contributed by atoms with E-state index in [4.69, 9.17) is 0 Å². The molecule has 0 spiro atoms. The van der Waals surface area contributed by atoms with Crippen LogP contribution in [-0.2, 0) is 0 Å². The van der Waals surface area contributed by atoms with E-state index in [-0.39, 0.29) is 10.6 Å². The Morgan fingerprint density at radius 3 is 2.85 bits per heavy atom. The number of nitrogens with zero attached hydrogens (tertiary/aromatic N) is 2. The van der Waals surface area contributed by atoms with Crippen molar-refractivity contribution in [2.24, 2.45) is 0 Å². The van der Waals surface area contributed by atoms with Crippen molar-refractivity contribution in [3.63, 3.8) is 0 Å². The summed E-state index contributed by atoms with van der Waals surface area (Å²) in [5.74, 6) is 0. The Morgan fingerprint density at radius 2 is 2.20 bits per heavy atom. The van der Waals surface area contributed by atoms with E-state index in [9.17, 15) is 10.1 Å². The summed E-state index contributed by atoms with van der Waals surface area (Å²) in [6.45, 7) is 4.15. The van der Waals surface area contributed by atoms with Crippen molar-refractivity contribution in [3.05, 3.63) is 33.9 Å². The third-order valence-electron chi connectivity index (χ3n) is 4.56. The van der Waals surface area contributed by atoms with Gasteiger partial charge in [0, 0.05) is 36.4 Å². The van der Waals surface area contributed by atoms with E-state index in [0.29, 0.717) is 12.1 Å². The number of hydrogen-bond acceptors (Lipinski definition) is 4. The van der Waals surface area contributed by atoms with E-state index in [1.54, 1.807) is 12.1 Å². The highest BCUT2D eigenvalue weighted by molar-refractivity contribution is 5.58. The Bertz CT molecular complexity index is 512. The molecule has 2 unspecified atom stereocenters. The lowest BCUT2D eigenvalue weighted by Gasteiger charge is -2.32. The predicted octanol–water partition coefficient (Wildman–Crippen LogP) is 2.62. The maximum Gasteiger partial charge on any atom is 0.269 e. The van der Waals surface area contributed by atoms with Crippen LogP contribution < -0.4 is 10.2 Å². The summed E-state index contributed by atoms with van der Waals surface area (Å²) >= 11 is 0. The summed E-state index contributed by atoms with van der Waals surface area (Å²) in [5, 5.41) is 14.4. The number of hydrogen-bond donors (Lipinski definition) is 1. The fourth-order valence-corrected chi connectivity index (χ4v) is 3.63. The van der Waals surface area contributed by atoms with Gasteiger partial charge in [-0.3, -0.25) is 10.1 Å². The first-order valence-corrected chi connectivity index (χ1v) is 7.42. The third-order valence-corrected chi connectivity index (χ3v) is 4.56. The lowest BCUT2D eigenvalue weighted by Crippen LogP contribution is -2.44. The van der Waals surface area contributed by atoms with E-state index in [0.717, 1.165) is 24.3 Å². The fourth-order valence-electron chi connectivity index (χ4n) is 3.63. The number of aryl methyl sites for hydroxylation is 1. The second-order valence-corrected chi connectivity index (χ2v) is 5.83. The minimum Gasteiger partial charge on any atom is -0.367 e. The Balaban J connectivity index is 1.85. The first-order chi connectivity index (χ1) is 9.66. The summed E-state index contributed by atoms with van der Waals surface area (Å²) in [6, 6.07) is 6.34. The lowest BCUT2D eigenvalue weighted by molar-refractivity contribution is -0.384. The van der Waals surface area contributed by atoms with Crippen molar-refractivity contribution in [1.29, 1.82) is 0 Å². The molecule has 1 aromatic rings. The van der Waals surface area contributed by atoms with Crippen LogP contribution >= 0.6 is 0 Å². The number of rotatable bonds is 3. The van der Waals surface area contributed by atoms with Gasteiger partial charge in [0.15, 0.2) is 0 Å². The van der Waals surface area contributed by atoms with Gasteiger partial charge in [0.05, 0.1) is 4.92 Å². The molecule has 0 saturated carbocycles. The minimum absolute atomic E-state index is 0.181. The zero-order valence-electron chi connectivity index (χ0n) is 11.8. The van der Waals surface area contributed by atoms with Crippen molar-refractivity contribution in [2.45, 2.75) is 44.7 Å². The highest BCUT2D eigenvalue weighted by Crippen LogP contribution is 2.33. The Hall–Kier alpha value is -1.62. The molecule has 2 fully saturated rings. The fraction of sp³-hybridized carbons (Fsp3) is 0.600. The SMILES string of the molecule is Cc1cc([N+](=O)[O-])ccc1N1CCCC1C1CCCN1. The average Bonchev–Trinajstić information content (AvgIpc) is 3.09. The second kappa shape index (κ2) is 5.40. The van der Waals surface area contributed by atoms with Gasteiger partial charge in [-0.25, -0.2) is 0 Å². The second-order valence-electron chi connectivity index (χ2n) is 5.83. The molecule has 2 aliphatic rings. The Labute approximate surface area is 119 Å². The molecule has 20 heavy (non-hydrogen) atoms. The number of anilines is 1. The molecular formula is C15H21N3O2. The predicted molar refractivity (Wildman–Crippen MR) is 79.2 cm³/mol. The highest BCUT2D eigenvalue weighted by Gasteiger charge is 2.34. The average molecular weight is 275 g/mol. The number of nitrogens with one attached hydrogen (secondary N) is 1. The summed E-state index contributed by atoms with van der Waals surface area (Å²) in [4.78, 5) is 13.0. The van der Waals surface area contributed by atoms with E-state index in [2.05, 4.69) is 10.2 Å². The van der Waals surface area contributed by atoms with Crippen molar-refractivity contribution in [2.75, 3.05) is 18.0 Å². The molecule has 1 aromatic carbocycles. The molecule has 1 N–H and O–H groups in total. The number of non-ortho nitro benzene ring substituents is 1. The quantitative estimate of drug-likeness (QED) is 0.680. The largest absolute Gasteiger partial charge is 0.367 e. The van der Waals surface area contributed by atoms with Crippen LogP contribution in [0.25, 0.3) is 0 Å². The van der Waals surface area contributed by atoms with Crippen molar-refractivity contribution in [1.82, 2.24) is 5.32 Å². The van der Waals surface area contributed by atoms with Gasteiger partial charge in [0.2, 0.25) is 0 Å². The van der Waals surface area contributed by atoms with E-state index < -0.39 is 0 Å². The molecule has 5 heteroatoms. The summed E-state index contributed by atoms with van der Waals surface area (Å²) in [7, 11) is 0. The van der Waals surface area contributed by atoms with Crippen LogP contribution in [0.15, 0.2) is 18.2 Å². The van der Waals surface area contributed by atoms with Crippen LogP contribution in [0.5, 0.6) is 0 Å². The van der Waals surface area contributed by atoms with E-state index in [1.807, 2.05) is 13.0 Å². The van der Waals surface area contributed by atoms with Gasteiger partial charge in [0.25, 0.3) is 5.69 Å². The topological polar surface area (TPSA) is 58.4 Å². The summed E-state index contributed by atoms with van der Waals surface area (Å²) in [5.41, 5.74) is 2.34. The maximum absolute atomic E-state index is 10.8. The number of nitro groups is 1. The van der Waals surface area contributed by atoms with Gasteiger partial charge in [-0.1, -0.05) is 0 Å². The van der Waals surface area contributed by atoms with Crippen molar-refractivity contribution >= 4 is 11.4 Å². The molecule has 0 aliphatic carbocycles. The van der Waals surface area contributed by atoms with Gasteiger partial charge >= 0.3 is 0 Å². The maximum atomic E-state index is 10.8. The number of nitro benzene ring substituents is 1. The molecule has 2 atom stereocenters. The molecule has 0 aromatic heterocycles. The van der Waals surface area contributed by atoms with Crippen LogP contribution in [0.2, 0.25) is 0 Å². The van der Waals surface area contributed by atoms with Gasteiger partial charge in [-0.15, -0.1) is 0 Å². The minimum atomic E-state index is -0.323. The zero-order valence-corrected chi connectivity index (χ0v) is 11.8. The first-order valence-electron chi connectivity index (χ1n) is 7.42. The van der Waals surface area contributed by atoms with Gasteiger partial charge in [0.1, 0.15) is 0 Å². The highest BCUT2D eigenvalue weighted by atomic mass is 16.6. The Morgan fingerprint density at radius 1 is 1.35 bits per heavy atom. The summed E-state index contributed by atoms with van der Waals surface area (Å²) < 4.78 is 0. The molecule has 2 saturated heterocycles. The van der Waals surface area contributed by atoms with Crippen LogP contribution in [0.1, 0.15) is 31.2 Å². The van der Waals surface area contributed by atoms with Crippen LogP contribution in [0.3, 0.4) is 0 Å². The molecule has 108 valence electrons. The molecule has 0 amide bonds. The van der Waals surface area contributed by atoms with Crippen LogP contribution in [0, 0.1) is 17.0 Å². The monoisotopic (exact) mass is 275 g/mol. The van der Waals surface area contributed by atoms with Crippen molar-refractivity contribution in [3.8, 4) is 0 Å². The third kappa shape index (κ3) is 2.38.